The molecule has 0 N–H and O–H groups in total. The van der Waals surface area contributed by atoms with Crippen molar-refractivity contribution in [2.75, 3.05) is 0 Å². The van der Waals surface area contributed by atoms with E-state index in [-0.39, 0.29) is 10.8 Å². The number of fused-ring (bicyclic) bond motifs is 22. The van der Waals surface area contributed by atoms with Gasteiger partial charge in [0, 0.05) is 76.7 Å². The Hall–Kier alpha value is -14.3. The second kappa shape index (κ2) is 25.1. The van der Waals surface area contributed by atoms with E-state index in [0.717, 1.165) is 5.69 Å². The van der Waals surface area contributed by atoms with E-state index in [1.807, 2.05) is 0 Å². The van der Waals surface area contributed by atoms with Gasteiger partial charge in [0.15, 0.2) is 0 Å². The third kappa shape index (κ3) is 9.90. The first-order chi connectivity index (χ1) is 56.1. The van der Waals surface area contributed by atoms with E-state index in [4.69, 9.17) is 0 Å². The van der Waals surface area contributed by atoms with E-state index in [1.54, 1.807) is 0 Å². The van der Waals surface area contributed by atoms with E-state index >= 15 is 0 Å². The highest BCUT2D eigenvalue weighted by atomic mass is 15.0. The third-order valence-electron chi connectivity index (χ3n) is 25.3. The average molecular weight is 1450 g/mol. The molecule has 4 heterocycles. The van der Waals surface area contributed by atoms with Crippen LogP contribution in [0.1, 0.15) is 49.9 Å². The lowest BCUT2D eigenvalue weighted by atomic mass is 9.80. The summed E-state index contributed by atoms with van der Waals surface area (Å²) in [7, 11) is 0. The van der Waals surface area contributed by atoms with Crippen LogP contribution in [0.3, 0.4) is 0 Å². The van der Waals surface area contributed by atoms with E-state index < -0.39 is 0 Å². The molecule has 0 amide bonds. The van der Waals surface area contributed by atoms with Gasteiger partial charge >= 0.3 is 0 Å². The van der Waals surface area contributed by atoms with Crippen molar-refractivity contribution < 1.29 is 0 Å². The molecule has 114 heavy (non-hydrogen) atoms. The molecule has 2 aliphatic rings. The minimum absolute atomic E-state index is 0.0936. The lowest BCUT2D eigenvalue weighted by Gasteiger charge is -2.22. The molecule has 0 radical (unpaired) electrons. The first-order valence-electron chi connectivity index (χ1n) is 39.9. The Kier molecular flexibility index (Phi) is 14.4. The zero-order valence-corrected chi connectivity index (χ0v) is 63.7. The van der Waals surface area contributed by atoms with Gasteiger partial charge in [-0.25, -0.2) is 0 Å². The first kappa shape index (κ1) is 65.6. The van der Waals surface area contributed by atoms with Crippen LogP contribution < -0.4 is 0 Å². The van der Waals surface area contributed by atoms with Gasteiger partial charge in [-0.2, -0.15) is 0 Å². The van der Waals surface area contributed by atoms with Crippen LogP contribution in [-0.4, -0.2) is 18.3 Å². The van der Waals surface area contributed by atoms with E-state index in [0.29, 0.717) is 0 Å². The zero-order valence-electron chi connectivity index (χ0n) is 63.7. The molecule has 0 fully saturated rings. The molecule has 0 saturated carbocycles. The van der Waals surface area contributed by atoms with E-state index in [2.05, 4.69) is 434 Å². The van der Waals surface area contributed by atoms with Crippen molar-refractivity contribution in [3.05, 3.63) is 411 Å². The number of nitrogens with zero attached hydrogens (tertiary/aromatic N) is 4. The van der Waals surface area contributed by atoms with Crippen molar-refractivity contribution in [2.24, 2.45) is 0 Å². The van der Waals surface area contributed by atoms with Gasteiger partial charge in [-0.15, -0.1) is 0 Å². The Morgan fingerprint density at radius 2 is 0.544 bits per heavy atom. The lowest BCUT2D eigenvalue weighted by Crippen LogP contribution is -2.15. The Balaban J connectivity index is 0.000000135. The summed E-state index contributed by atoms with van der Waals surface area (Å²) in [5.41, 5.74) is 34.9. The summed E-state index contributed by atoms with van der Waals surface area (Å²) in [6, 6.07) is 144. The van der Waals surface area contributed by atoms with Gasteiger partial charge in [-0.1, -0.05) is 295 Å². The summed E-state index contributed by atoms with van der Waals surface area (Å²) in [6.07, 6.45) is 0. The van der Waals surface area contributed by atoms with Crippen molar-refractivity contribution in [3.8, 4) is 89.5 Å². The summed E-state index contributed by atoms with van der Waals surface area (Å²) < 4.78 is 9.81. The van der Waals surface area contributed by atoms with Crippen molar-refractivity contribution in [2.45, 2.75) is 38.5 Å². The van der Waals surface area contributed by atoms with Crippen molar-refractivity contribution >= 4 is 109 Å². The van der Waals surface area contributed by atoms with Crippen molar-refractivity contribution in [3.63, 3.8) is 0 Å². The number of hydrogen-bond acceptors (Lipinski definition) is 0. The van der Waals surface area contributed by atoms with Crippen LogP contribution in [0.2, 0.25) is 0 Å². The molecule has 4 heteroatoms. The second-order valence-electron chi connectivity index (χ2n) is 32.3. The average Bonchev–Trinajstić information content (AvgIpc) is 1.54. The molecule has 0 bridgehead atoms. The molecule has 536 valence electrons. The van der Waals surface area contributed by atoms with Gasteiger partial charge in [0.05, 0.1) is 44.1 Å². The highest BCUT2D eigenvalue weighted by molar-refractivity contribution is 6.20. The van der Waals surface area contributed by atoms with Gasteiger partial charge in [-0.05, 0) is 232 Å². The van der Waals surface area contributed by atoms with Gasteiger partial charge in [0.1, 0.15) is 0 Å². The zero-order chi connectivity index (χ0) is 75.7. The summed E-state index contributed by atoms with van der Waals surface area (Å²) in [4.78, 5) is 0. The monoisotopic (exact) mass is 1450 g/mol. The summed E-state index contributed by atoms with van der Waals surface area (Å²) in [5, 5.41) is 15.2. The van der Waals surface area contributed by atoms with Crippen LogP contribution in [0.15, 0.2) is 388 Å². The number of para-hydroxylation sites is 2. The van der Waals surface area contributed by atoms with Crippen LogP contribution in [0.4, 0.5) is 0 Å². The summed E-state index contributed by atoms with van der Waals surface area (Å²) in [5.74, 6) is 0. The van der Waals surface area contributed by atoms with Crippen LogP contribution >= 0.6 is 0 Å². The second-order valence-corrected chi connectivity index (χ2v) is 32.3. The van der Waals surface area contributed by atoms with Gasteiger partial charge in [0.2, 0.25) is 0 Å². The molecule has 0 aliphatic heterocycles. The van der Waals surface area contributed by atoms with Crippen molar-refractivity contribution in [1.29, 1.82) is 0 Å². The molecule has 0 atom stereocenters. The molecule has 18 aromatic carbocycles. The standard InChI is InChI=1S/2C55H38N2/c1-55(2)47-21-10-8-20-44(47)53-48(55)27-30-52-54(53)46-34-40(25-29-51(46)57(52)41-18-12-17-38(31-41)35-13-4-3-5-14-35)39-24-28-50-45(33-39)43-19-9-11-22-49(43)56(50)42-26-23-36-15-6-7-16-37(36)32-42;1-55(2)48-21-10-8-19-43(48)45-27-30-52-53(54(45)55)47-34-40(25-29-51(47)57(52)41-18-12-17-38(31-41)35-13-4-3-5-14-35)39-24-28-50-46(33-39)44-20-9-11-22-49(44)56(50)42-26-23-36-15-6-7-16-37(36)32-42/h2*3-34H,1-2H3. The quantitative estimate of drug-likeness (QED) is 0.144. The predicted molar refractivity (Wildman–Crippen MR) is 482 cm³/mol. The first-order valence-corrected chi connectivity index (χ1v) is 39.9. The minimum atomic E-state index is -0.157. The molecular formula is C110H76N4. The fourth-order valence-electron chi connectivity index (χ4n) is 20.0. The summed E-state index contributed by atoms with van der Waals surface area (Å²) in [6.45, 7) is 9.56. The maximum absolute atomic E-state index is 2.49. The number of benzene rings is 18. The fraction of sp³-hybridized carbons (Fsp3) is 0.0545. The van der Waals surface area contributed by atoms with Gasteiger partial charge < -0.3 is 18.3 Å². The normalized spacial score (nSPS) is 13.2. The molecule has 0 unspecified atom stereocenters. The Bertz CT molecular complexity index is 7780. The fourth-order valence-corrected chi connectivity index (χ4v) is 20.0. The largest absolute Gasteiger partial charge is 0.309 e. The Labute approximate surface area is 661 Å². The molecule has 0 saturated heterocycles. The van der Waals surface area contributed by atoms with E-state index in [1.165, 1.54) is 215 Å². The lowest BCUT2D eigenvalue weighted by molar-refractivity contribution is 0.661. The predicted octanol–water partition coefficient (Wildman–Crippen LogP) is 29.3. The molecular weight excluding hydrogens is 1380 g/mol. The molecule has 0 spiro atoms. The molecule has 22 aromatic rings. The highest BCUT2D eigenvalue weighted by Gasteiger charge is 2.40. The third-order valence-corrected chi connectivity index (χ3v) is 25.3. The molecule has 24 rings (SSSR count). The number of aromatic nitrogens is 4. The maximum atomic E-state index is 2.49. The van der Waals surface area contributed by atoms with Gasteiger partial charge in [0.25, 0.3) is 0 Å². The smallest absolute Gasteiger partial charge is 0.0547 e. The van der Waals surface area contributed by atoms with E-state index in [9.17, 15) is 0 Å². The van der Waals surface area contributed by atoms with Crippen LogP contribution in [-0.2, 0) is 10.8 Å². The SMILES string of the molecule is CC1(C)c2ccccc2-c2c1ccc1c2c2cc(-c3ccc4c(c3)c3ccccc3n4-c3ccc4ccccc4c3)ccc2n1-c1cccc(-c2ccccc2)c1.CC1(C)c2ccccc2-c2ccc3c(c21)c1cc(-c2ccc4c(c2)c2ccccc2n4-c2ccc4ccccc4c2)ccc1n3-c1cccc(-c2ccccc2)c1. The van der Waals surface area contributed by atoms with Crippen LogP contribution in [0.5, 0.6) is 0 Å². The van der Waals surface area contributed by atoms with Crippen LogP contribution in [0, 0.1) is 0 Å². The summed E-state index contributed by atoms with van der Waals surface area (Å²) >= 11 is 0. The minimum Gasteiger partial charge on any atom is -0.309 e. The molecule has 4 aromatic heterocycles. The topological polar surface area (TPSA) is 19.7 Å². The molecule has 2 aliphatic carbocycles. The Morgan fingerprint density at radius 1 is 0.184 bits per heavy atom. The Morgan fingerprint density at radius 3 is 1.07 bits per heavy atom. The molecule has 4 nitrogen and oxygen atoms in total. The van der Waals surface area contributed by atoms with Crippen molar-refractivity contribution in [1.82, 2.24) is 18.3 Å². The van der Waals surface area contributed by atoms with Crippen LogP contribution in [0.25, 0.3) is 198 Å². The maximum Gasteiger partial charge on any atom is 0.0547 e. The number of rotatable bonds is 8. The number of hydrogen-bond donors (Lipinski definition) is 0. The van der Waals surface area contributed by atoms with Gasteiger partial charge in [-0.3, -0.25) is 0 Å². The highest BCUT2D eigenvalue weighted by Crippen LogP contribution is 2.56.